The minimum Gasteiger partial charge on any atom is -0.356 e. The third-order valence-electron chi connectivity index (χ3n) is 3.31. The Morgan fingerprint density at radius 3 is 1.67 bits per heavy atom. The number of para-hydroxylation sites is 1. The van der Waals surface area contributed by atoms with E-state index < -0.39 is 0 Å². The molecular weight excluding hydrogens is 322 g/mol. The topological polar surface area (TPSA) is 53.2 Å². The Morgan fingerprint density at radius 1 is 0.625 bits per heavy atom. The number of carbonyl (C=O) groups is 1. The van der Waals surface area contributed by atoms with Crippen LogP contribution in [-0.2, 0) is 0 Å². The van der Waals surface area contributed by atoms with Crippen LogP contribution in [0.1, 0.15) is 0 Å². The molecule has 0 aliphatic rings. The second-order valence-corrected chi connectivity index (χ2v) is 5.59. The van der Waals surface area contributed by atoms with Crippen molar-refractivity contribution in [1.82, 2.24) is 0 Å². The standard InChI is InChI=1S/C19H16ClN3O/c20-14-6-8-17(9-7-14)22-19(24)23-18-12-10-16(11-13-18)21-15-4-2-1-3-5-15/h1-13,21H,(H2,22,23,24). The lowest BCUT2D eigenvalue weighted by Crippen LogP contribution is -2.19. The molecule has 0 radical (unpaired) electrons. The van der Waals surface area contributed by atoms with Crippen molar-refractivity contribution in [3.63, 3.8) is 0 Å². The average molecular weight is 338 g/mol. The molecule has 0 aliphatic carbocycles. The number of hydrogen-bond donors (Lipinski definition) is 3. The van der Waals surface area contributed by atoms with Gasteiger partial charge in [0.1, 0.15) is 0 Å². The van der Waals surface area contributed by atoms with Crippen LogP contribution in [0.25, 0.3) is 0 Å². The summed E-state index contributed by atoms with van der Waals surface area (Å²) in [5.74, 6) is 0. The summed E-state index contributed by atoms with van der Waals surface area (Å²) in [6.45, 7) is 0. The summed E-state index contributed by atoms with van der Waals surface area (Å²) in [4.78, 5) is 12.0. The Balaban J connectivity index is 1.57. The zero-order chi connectivity index (χ0) is 16.8. The third-order valence-corrected chi connectivity index (χ3v) is 3.56. The van der Waals surface area contributed by atoms with Gasteiger partial charge in [0, 0.05) is 27.8 Å². The molecule has 0 aliphatic heterocycles. The van der Waals surface area contributed by atoms with Crippen LogP contribution in [-0.4, -0.2) is 6.03 Å². The summed E-state index contributed by atoms with van der Waals surface area (Å²) in [7, 11) is 0. The molecule has 0 atom stereocenters. The largest absolute Gasteiger partial charge is 0.356 e. The maximum Gasteiger partial charge on any atom is 0.323 e. The first-order valence-electron chi connectivity index (χ1n) is 7.45. The van der Waals surface area contributed by atoms with Crippen LogP contribution in [0.4, 0.5) is 27.5 Å². The number of hydrogen-bond acceptors (Lipinski definition) is 2. The van der Waals surface area contributed by atoms with E-state index >= 15 is 0 Å². The van der Waals surface area contributed by atoms with Crippen LogP contribution in [0.5, 0.6) is 0 Å². The van der Waals surface area contributed by atoms with Crippen molar-refractivity contribution < 1.29 is 4.79 Å². The molecule has 0 unspecified atom stereocenters. The number of amides is 2. The van der Waals surface area contributed by atoms with Crippen LogP contribution in [0.3, 0.4) is 0 Å². The van der Waals surface area contributed by atoms with Crippen LogP contribution >= 0.6 is 11.6 Å². The number of halogens is 1. The smallest absolute Gasteiger partial charge is 0.323 e. The summed E-state index contributed by atoms with van der Waals surface area (Å²) in [6, 6.07) is 24.0. The Hall–Kier alpha value is -2.98. The molecule has 0 saturated carbocycles. The molecular formula is C19H16ClN3O. The number of benzene rings is 3. The fourth-order valence-electron chi connectivity index (χ4n) is 2.15. The normalized spacial score (nSPS) is 10.0. The Morgan fingerprint density at radius 2 is 1.08 bits per heavy atom. The minimum atomic E-state index is -0.305. The monoisotopic (exact) mass is 337 g/mol. The van der Waals surface area contributed by atoms with Crippen LogP contribution in [0.15, 0.2) is 78.9 Å². The van der Waals surface area contributed by atoms with Crippen molar-refractivity contribution in [3.05, 3.63) is 83.9 Å². The second-order valence-electron chi connectivity index (χ2n) is 5.15. The van der Waals surface area contributed by atoms with Gasteiger partial charge in [-0.1, -0.05) is 29.8 Å². The summed E-state index contributed by atoms with van der Waals surface area (Å²) in [6.07, 6.45) is 0. The van der Waals surface area contributed by atoms with Crippen molar-refractivity contribution in [2.45, 2.75) is 0 Å². The highest BCUT2D eigenvalue weighted by Gasteiger charge is 2.03. The highest BCUT2D eigenvalue weighted by molar-refractivity contribution is 6.30. The molecule has 24 heavy (non-hydrogen) atoms. The molecule has 3 rings (SSSR count). The maximum atomic E-state index is 12.0. The van der Waals surface area contributed by atoms with Gasteiger partial charge < -0.3 is 16.0 Å². The molecule has 0 fully saturated rings. The average Bonchev–Trinajstić information content (AvgIpc) is 2.60. The molecule has 4 nitrogen and oxygen atoms in total. The Bertz CT molecular complexity index is 802. The fraction of sp³-hybridized carbons (Fsp3) is 0. The molecule has 0 saturated heterocycles. The van der Waals surface area contributed by atoms with Gasteiger partial charge in [-0.15, -0.1) is 0 Å². The summed E-state index contributed by atoms with van der Waals surface area (Å²) in [5, 5.41) is 9.45. The zero-order valence-electron chi connectivity index (χ0n) is 12.8. The number of rotatable bonds is 4. The van der Waals surface area contributed by atoms with Crippen molar-refractivity contribution in [1.29, 1.82) is 0 Å². The van der Waals surface area contributed by atoms with Gasteiger partial charge in [-0.3, -0.25) is 0 Å². The number of anilines is 4. The van der Waals surface area contributed by atoms with Crippen LogP contribution in [0, 0.1) is 0 Å². The predicted molar refractivity (Wildman–Crippen MR) is 100 cm³/mol. The highest BCUT2D eigenvalue weighted by atomic mass is 35.5. The van der Waals surface area contributed by atoms with Crippen LogP contribution in [0.2, 0.25) is 5.02 Å². The molecule has 0 heterocycles. The molecule has 3 N–H and O–H groups in total. The van der Waals surface area contributed by atoms with E-state index in [1.54, 1.807) is 24.3 Å². The van der Waals surface area contributed by atoms with Crippen molar-refractivity contribution in [2.24, 2.45) is 0 Å². The lowest BCUT2D eigenvalue weighted by molar-refractivity contribution is 0.262. The van der Waals surface area contributed by atoms with Crippen molar-refractivity contribution in [3.8, 4) is 0 Å². The third kappa shape index (κ3) is 4.51. The van der Waals surface area contributed by atoms with E-state index in [2.05, 4.69) is 16.0 Å². The molecule has 3 aromatic rings. The minimum absolute atomic E-state index is 0.305. The first-order chi connectivity index (χ1) is 11.7. The van der Waals surface area contributed by atoms with Gasteiger partial charge in [-0.2, -0.15) is 0 Å². The van der Waals surface area contributed by atoms with E-state index in [1.807, 2.05) is 54.6 Å². The van der Waals surface area contributed by atoms with E-state index in [9.17, 15) is 4.79 Å². The van der Waals surface area contributed by atoms with E-state index in [4.69, 9.17) is 11.6 Å². The van der Waals surface area contributed by atoms with E-state index in [0.29, 0.717) is 16.4 Å². The quantitative estimate of drug-likeness (QED) is 0.569. The SMILES string of the molecule is O=C(Nc1ccc(Cl)cc1)Nc1ccc(Nc2ccccc2)cc1. The fourth-order valence-corrected chi connectivity index (χ4v) is 2.28. The molecule has 2 amide bonds. The van der Waals surface area contributed by atoms with Gasteiger partial charge in [-0.25, -0.2) is 4.79 Å². The van der Waals surface area contributed by atoms with Gasteiger partial charge in [0.15, 0.2) is 0 Å². The number of urea groups is 1. The van der Waals surface area contributed by atoms with Gasteiger partial charge in [-0.05, 0) is 60.7 Å². The van der Waals surface area contributed by atoms with E-state index in [1.165, 1.54) is 0 Å². The molecule has 3 aromatic carbocycles. The number of carbonyl (C=O) groups excluding carboxylic acids is 1. The predicted octanol–water partition coefficient (Wildman–Crippen LogP) is 5.73. The lowest BCUT2D eigenvalue weighted by Gasteiger charge is -2.10. The van der Waals surface area contributed by atoms with Crippen molar-refractivity contribution in [2.75, 3.05) is 16.0 Å². The highest BCUT2D eigenvalue weighted by Crippen LogP contribution is 2.19. The second kappa shape index (κ2) is 7.53. The van der Waals surface area contributed by atoms with Crippen molar-refractivity contribution >= 4 is 40.4 Å². The zero-order valence-corrected chi connectivity index (χ0v) is 13.5. The Labute approximate surface area is 145 Å². The number of nitrogens with one attached hydrogen (secondary N) is 3. The molecule has 0 spiro atoms. The molecule has 5 heteroatoms. The van der Waals surface area contributed by atoms with Gasteiger partial charge in [0.25, 0.3) is 0 Å². The summed E-state index contributed by atoms with van der Waals surface area (Å²) >= 11 is 5.82. The lowest BCUT2D eigenvalue weighted by atomic mass is 10.2. The van der Waals surface area contributed by atoms with Gasteiger partial charge in [0.2, 0.25) is 0 Å². The molecule has 120 valence electrons. The van der Waals surface area contributed by atoms with Gasteiger partial charge in [0.05, 0.1) is 0 Å². The first-order valence-corrected chi connectivity index (χ1v) is 7.82. The van der Waals surface area contributed by atoms with Gasteiger partial charge >= 0.3 is 6.03 Å². The summed E-state index contributed by atoms with van der Waals surface area (Å²) < 4.78 is 0. The Kier molecular flexibility index (Phi) is 4.99. The first kappa shape index (κ1) is 15.9. The molecule has 0 aromatic heterocycles. The van der Waals surface area contributed by atoms with E-state index in [-0.39, 0.29) is 6.03 Å². The summed E-state index contributed by atoms with van der Waals surface area (Å²) in [5.41, 5.74) is 3.35. The maximum absolute atomic E-state index is 12.0. The van der Waals surface area contributed by atoms with E-state index in [0.717, 1.165) is 11.4 Å². The van der Waals surface area contributed by atoms with Crippen LogP contribution < -0.4 is 16.0 Å². The molecule has 0 bridgehead atoms.